The quantitative estimate of drug-likeness (QED) is 0.844. The molecule has 0 spiro atoms. The Balaban J connectivity index is 1.62. The zero-order chi connectivity index (χ0) is 14.5. The van der Waals surface area contributed by atoms with Gasteiger partial charge in [-0.05, 0) is 25.2 Å². The van der Waals surface area contributed by atoms with Gasteiger partial charge >= 0.3 is 0 Å². The first-order valence-corrected chi connectivity index (χ1v) is 8.01. The first-order chi connectivity index (χ1) is 10.3. The zero-order valence-corrected chi connectivity index (χ0v) is 12.7. The molecule has 0 saturated heterocycles. The van der Waals surface area contributed by atoms with E-state index in [1.807, 2.05) is 18.2 Å². The van der Waals surface area contributed by atoms with Gasteiger partial charge in [0.25, 0.3) is 0 Å². The van der Waals surface area contributed by atoms with Crippen molar-refractivity contribution in [3.8, 4) is 11.3 Å². The molecular formula is C17H24N4. The Kier molecular flexibility index (Phi) is 4.65. The van der Waals surface area contributed by atoms with E-state index >= 15 is 0 Å². The maximum Gasteiger partial charge on any atom is 0.117 e. The lowest BCUT2D eigenvalue weighted by Crippen LogP contribution is -2.28. The fourth-order valence-corrected chi connectivity index (χ4v) is 3.14. The van der Waals surface area contributed by atoms with Crippen molar-refractivity contribution in [2.45, 2.75) is 51.6 Å². The van der Waals surface area contributed by atoms with E-state index in [2.05, 4.69) is 39.8 Å². The first kappa shape index (κ1) is 14.3. The third kappa shape index (κ3) is 3.70. The number of hydrogen-bond donors (Lipinski definition) is 2. The van der Waals surface area contributed by atoms with Gasteiger partial charge < -0.3 is 5.32 Å². The van der Waals surface area contributed by atoms with E-state index in [1.54, 1.807) is 0 Å². The van der Waals surface area contributed by atoms with Crippen LogP contribution in [0.2, 0.25) is 0 Å². The van der Waals surface area contributed by atoms with Gasteiger partial charge in [-0.2, -0.15) is 15.4 Å². The summed E-state index contributed by atoms with van der Waals surface area (Å²) in [5.74, 6) is 0.878. The Morgan fingerprint density at radius 1 is 1.10 bits per heavy atom. The van der Waals surface area contributed by atoms with Gasteiger partial charge in [0.05, 0.1) is 0 Å². The maximum absolute atomic E-state index is 4.32. The average molecular weight is 284 g/mol. The summed E-state index contributed by atoms with van der Waals surface area (Å²) in [6.07, 6.45) is 6.60. The van der Waals surface area contributed by atoms with Crippen LogP contribution in [-0.2, 0) is 6.54 Å². The van der Waals surface area contributed by atoms with Gasteiger partial charge in [0.1, 0.15) is 11.4 Å². The smallest absolute Gasteiger partial charge is 0.117 e. The summed E-state index contributed by atoms with van der Waals surface area (Å²) in [5.41, 5.74) is 3.10. The molecule has 4 nitrogen and oxygen atoms in total. The van der Waals surface area contributed by atoms with Gasteiger partial charge in [-0.15, -0.1) is 0 Å². The van der Waals surface area contributed by atoms with Gasteiger partial charge in [0, 0.05) is 18.2 Å². The van der Waals surface area contributed by atoms with Gasteiger partial charge in [0.2, 0.25) is 0 Å². The highest BCUT2D eigenvalue weighted by atomic mass is 15.3. The number of aromatic amines is 1. The summed E-state index contributed by atoms with van der Waals surface area (Å²) in [6.45, 7) is 3.16. The van der Waals surface area contributed by atoms with Crippen LogP contribution in [0.3, 0.4) is 0 Å². The highest BCUT2D eigenvalue weighted by molar-refractivity contribution is 5.60. The van der Waals surface area contributed by atoms with Gasteiger partial charge in [-0.25, -0.2) is 0 Å². The van der Waals surface area contributed by atoms with E-state index in [9.17, 15) is 0 Å². The second-order valence-electron chi connectivity index (χ2n) is 6.18. The summed E-state index contributed by atoms with van der Waals surface area (Å²) in [6, 6.07) is 10.9. The summed E-state index contributed by atoms with van der Waals surface area (Å²) in [4.78, 5) is 0. The average Bonchev–Trinajstić information content (AvgIpc) is 2.89. The Morgan fingerprint density at radius 3 is 2.81 bits per heavy atom. The largest absolute Gasteiger partial charge is 0.308 e. The predicted molar refractivity (Wildman–Crippen MR) is 84.7 cm³/mol. The molecule has 1 aliphatic rings. The van der Waals surface area contributed by atoms with Gasteiger partial charge in [-0.3, -0.25) is 0 Å². The van der Waals surface area contributed by atoms with Crippen molar-refractivity contribution in [3.63, 3.8) is 0 Å². The molecule has 2 atom stereocenters. The van der Waals surface area contributed by atoms with Crippen LogP contribution in [0.5, 0.6) is 0 Å². The molecule has 1 heterocycles. The predicted octanol–water partition coefficient (Wildman–Crippen LogP) is 3.53. The highest BCUT2D eigenvalue weighted by Gasteiger charge is 2.17. The molecule has 2 aromatic rings. The van der Waals surface area contributed by atoms with E-state index in [0.29, 0.717) is 6.04 Å². The standard InChI is InChI=1S/C17H24N4/c1-13-6-5-9-15(11-10-13)18-12-16-17(20-21-19-16)14-7-3-2-4-8-14/h2-4,7-8,13,15,18H,5-6,9-12H2,1H3,(H,19,20,21). The molecular weight excluding hydrogens is 260 g/mol. The third-order valence-corrected chi connectivity index (χ3v) is 4.48. The molecule has 2 unspecified atom stereocenters. The van der Waals surface area contributed by atoms with Crippen LogP contribution in [0.25, 0.3) is 11.3 Å². The summed E-state index contributed by atoms with van der Waals surface area (Å²) >= 11 is 0. The molecule has 0 bridgehead atoms. The van der Waals surface area contributed by atoms with Crippen LogP contribution in [-0.4, -0.2) is 21.5 Å². The van der Waals surface area contributed by atoms with E-state index in [-0.39, 0.29) is 0 Å². The van der Waals surface area contributed by atoms with Crippen LogP contribution in [0.1, 0.15) is 44.7 Å². The fourth-order valence-electron chi connectivity index (χ4n) is 3.14. The van der Waals surface area contributed by atoms with Crippen LogP contribution in [0.15, 0.2) is 30.3 Å². The van der Waals surface area contributed by atoms with Crippen molar-refractivity contribution < 1.29 is 0 Å². The van der Waals surface area contributed by atoms with Crippen LogP contribution in [0, 0.1) is 5.92 Å². The van der Waals surface area contributed by atoms with E-state index in [0.717, 1.165) is 29.4 Å². The molecule has 2 N–H and O–H groups in total. The summed E-state index contributed by atoms with van der Waals surface area (Å²) in [7, 11) is 0. The number of aromatic nitrogens is 3. The minimum absolute atomic E-state index is 0.621. The Morgan fingerprint density at radius 2 is 1.95 bits per heavy atom. The molecule has 1 fully saturated rings. The minimum atomic E-state index is 0.621. The lowest BCUT2D eigenvalue weighted by molar-refractivity contribution is 0.445. The first-order valence-electron chi connectivity index (χ1n) is 8.01. The van der Waals surface area contributed by atoms with Crippen molar-refractivity contribution >= 4 is 0 Å². The van der Waals surface area contributed by atoms with Crippen LogP contribution < -0.4 is 5.32 Å². The second kappa shape index (κ2) is 6.85. The summed E-state index contributed by atoms with van der Waals surface area (Å²) in [5, 5.41) is 15.1. The zero-order valence-electron chi connectivity index (χ0n) is 12.7. The molecule has 1 aliphatic carbocycles. The van der Waals surface area contributed by atoms with Crippen molar-refractivity contribution in [2.24, 2.45) is 5.92 Å². The van der Waals surface area contributed by atoms with Gasteiger partial charge in [-0.1, -0.05) is 50.1 Å². The molecule has 4 heteroatoms. The second-order valence-corrected chi connectivity index (χ2v) is 6.18. The molecule has 1 aromatic heterocycles. The summed E-state index contributed by atoms with van der Waals surface area (Å²) < 4.78 is 0. The molecule has 0 amide bonds. The lowest BCUT2D eigenvalue weighted by Gasteiger charge is -2.15. The van der Waals surface area contributed by atoms with E-state index in [1.165, 1.54) is 32.1 Å². The lowest BCUT2D eigenvalue weighted by atomic mass is 10.0. The molecule has 3 rings (SSSR count). The van der Waals surface area contributed by atoms with E-state index in [4.69, 9.17) is 0 Å². The number of nitrogens with one attached hydrogen (secondary N) is 2. The number of H-pyrrole nitrogens is 1. The Labute approximate surface area is 126 Å². The van der Waals surface area contributed by atoms with Crippen molar-refractivity contribution in [1.82, 2.24) is 20.7 Å². The van der Waals surface area contributed by atoms with Crippen molar-refractivity contribution in [3.05, 3.63) is 36.0 Å². The SMILES string of the molecule is CC1CCCC(NCc2n[nH]nc2-c2ccccc2)CC1. The molecule has 0 aliphatic heterocycles. The Bertz CT molecular complexity index is 549. The molecule has 21 heavy (non-hydrogen) atoms. The molecule has 0 radical (unpaired) electrons. The maximum atomic E-state index is 4.32. The van der Waals surface area contributed by atoms with Crippen LogP contribution in [0.4, 0.5) is 0 Å². The molecule has 1 aromatic carbocycles. The van der Waals surface area contributed by atoms with Crippen molar-refractivity contribution in [2.75, 3.05) is 0 Å². The molecule has 112 valence electrons. The van der Waals surface area contributed by atoms with E-state index < -0.39 is 0 Å². The van der Waals surface area contributed by atoms with Gasteiger partial charge in [0.15, 0.2) is 0 Å². The van der Waals surface area contributed by atoms with Crippen molar-refractivity contribution in [1.29, 1.82) is 0 Å². The number of hydrogen-bond acceptors (Lipinski definition) is 3. The van der Waals surface area contributed by atoms with Crippen LogP contribution >= 0.6 is 0 Å². The minimum Gasteiger partial charge on any atom is -0.308 e. The number of nitrogens with zero attached hydrogens (tertiary/aromatic N) is 2. The fraction of sp³-hybridized carbons (Fsp3) is 0.529. The highest BCUT2D eigenvalue weighted by Crippen LogP contribution is 2.23. The third-order valence-electron chi connectivity index (χ3n) is 4.48. The topological polar surface area (TPSA) is 53.6 Å². The monoisotopic (exact) mass is 284 g/mol. The Hall–Kier alpha value is -1.68. The molecule has 1 saturated carbocycles. The number of benzene rings is 1. The normalized spacial score (nSPS) is 22.9. The number of rotatable bonds is 4.